The van der Waals surface area contributed by atoms with Gasteiger partial charge >= 0.3 is 5.97 Å². The average molecular weight is 329 g/mol. The normalized spacial score (nSPS) is 12.4. The molecule has 0 bridgehead atoms. The molecule has 0 spiro atoms. The first-order valence-corrected chi connectivity index (χ1v) is 7.51. The van der Waals surface area contributed by atoms with Crippen molar-refractivity contribution in [2.45, 2.75) is 24.3 Å². The quantitative estimate of drug-likeness (QED) is 0.516. The van der Waals surface area contributed by atoms with Crippen molar-refractivity contribution in [1.29, 1.82) is 0 Å². The van der Waals surface area contributed by atoms with Gasteiger partial charge in [-0.25, -0.2) is 8.42 Å². The van der Waals surface area contributed by atoms with Gasteiger partial charge < -0.3 is 16.2 Å². The third kappa shape index (κ3) is 5.14. The van der Waals surface area contributed by atoms with Crippen LogP contribution in [0.5, 0.6) is 0 Å². The molecule has 1 atom stereocenters. The number of rotatable bonds is 7. The number of nitrogens with two attached hydrogens (primary N) is 1. The first-order chi connectivity index (χ1) is 10.1. The van der Waals surface area contributed by atoms with Crippen molar-refractivity contribution in [3.8, 4) is 0 Å². The van der Waals surface area contributed by atoms with Crippen molar-refractivity contribution in [3.05, 3.63) is 24.3 Å². The van der Waals surface area contributed by atoms with Crippen LogP contribution in [0.15, 0.2) is 29.2 Å². The maximum absolute atomic E-state index is 12.0. The predicted octanol–water partition coefficient (Wildman–Crippen LogP) is -0.748. The molecular formula is C12H15N3O6S. The van der Waals surface area contributed by atoms with E-state index in [1.54, 1.807) is 0 Å². The van der Waals surface area contributed by atoms with Gasteiger partial charge in [0.25, 0.3) is 0 Å². The Bertz CT molecular complexity index is 683. The Hall–Kier alpha value is -2.46. The van der Waals surface area contributed by atoms with Crippen LogP contribution in [0.2, 0.25) is 0 Å². The fourth-order valence-corrected chi connectivity index (χ4v) is 2.75. The van der Waals surface area contributed by atoms with E-state index in [9.17, 15) is 22.8 Å². The van der Waals surface area contributed by atoms with Crippen molar-refractivity contribution < 1.29 is 27.9 Å². The number of carboxylic acids is 1. The lowest BCUT2D eigenvalue weighted by Gasteiger charge is -2.13. The molecular weight excluding hydrogens is 314 g/mol. The first-order valence-electron chi connectivity index (χ1n) is 6.03. The fraction of sp³-hybridized carbons (Fsp3) is 0.250. The highest BCUT2D eigenvalue weighted by Crippen LogP contribution is 2.14. The minimum atomic E-state index is -4.15. The zero-order valence-corrected chi connectivity index (χ0v) is 12.4. The summed E-state index contributed by atoms with van der Waals surface area (Å²) in [5, 5.41) is 11.4. The van der Waals surface area contributed by atoms with Crippen LogP contribution in [0.25, 0.3) is 0 Å². The zero-order chi connectivity index (χ0) is 16.9. The zero-order valence-electron chi connectivity index (χ0n) is 11.6. The molecule has 1 unspecified atom stereocenters. The number of hydrogen-bond donors (Lipinski definition) is 4. The summed E-state index contributed by atoms with van der Waals surface area (Å²) in [6, 6.07) is 3.42. The lowest BCUT2D eigenvalue weighted by Crippen LogP contribution is -2.43. The van der Waals surface area contributed by atoms with Crippen LogP contribution >= 0.6 is 0 Å². The van der Waals surface area contributed by atoms with Crippen LogP contribution in [0.3, 0.4) is 0 Å². The topological polar surface area (TPSA) is 156 Å². The van der Waals surface area contributed by atoms with Gasteiger partial charge in [0.15, 0.2) is 0 Å². The summed E-state index contributed by atoms with van der Waals surface area (Å²) in [4.78, 5) is 32.4. The molecule has 0 aliphatic carbocycles. The van der Waals surface area contributed by atoms with Crippen LogP contribution < -0.4 is 15.8 Å². The molecule has 0 heterocycles. The highest BCUT2D eigenvalue weighted by molar-refractivity contribution is 7.89. The van der Waals surface area contributed by atoms with Gasteiger partial charge in [-0.15, -0.1) is 0 Å². The van der Waals surface area contributed by atoms with Gasteiger partial charge in [-0.1, -0.05) is 0 Å². The van der Waals surface area contributed by atoms with E-state index < -0.39 is 34.4 Å². The Morgan fingerprint density at radius 2 is 1.77 bits per heavy atom. The molecule has 9 nitrogen and oxygen atoms in total. The Morgan fingerprint density at radius 1 is 1.23 bits per heavy atom. The van der Waals surface area contributed by atoms with Gasteiger partial charge in [0.05, 0.1) is 11.3 Å². The molecule has 1 aromatic rings. The molecule has 0 fully saturated rings. The number of nitrogens with one attached hydrogen (secondary N) is 2. The van der Waals surface area contributed by atoms with E-state index in [-0.39, 0.29) is 10.8 Å². The molecule has 120 valence electrons. The van der Waals surface area contributed by atoms with E-state index in [1.165, 1.54) is 31.2 Å². The second-order valence-corrected chi connectivity index (χ2v) is 6.10. The molecule has 1 aromatic carbocycles. The van der Waals surface area contributed by atoms with E-state index in [1.807, 2.05) is 4.72 Å². The van der Waals surface area contributed by atoms with Gasteiger partial charge in [-0.3, -0.25) is 14.4 Å². The molecule has 0 aliphatic rings. The molecule has 5 N–H and O–H groups in total. The van der Waals surface area contributed by atoms with Gasteiger partial charge in [0, 0.05) is 12.6 Å². The average Bonchev–Trinajstić information content (AvgIpc) is 2.36. The second kappa shape index (κ2) is 7.00. The summed E-state index contributed by atoms with van der Waals surface area (Å²) in [6.07, 6.45) is -0.668. The molecule has 0 aromatic heterocycles. The number of amides is 2. The smallest absolute Gasteiger partial charge is 0.322 e. The van der Waals surface area contributed by atoms with Gasteiger partial charge in [-0.05, 0) is 24.3 Å². The molecule has 22 heavy (non-hydrogen) atoms. The molecule has 0 aliphatic heterocycles. The van der Waals surface area contributed by atoms with E-state index in [0.717, 1.165) is 0 Å². The van der Waals surface area contributed by atoms with Crippen LogP contribution in [0.1, 0.15) is 13.3 Å². The predicted molar refractivity (Wildman–Crippen MR) is 76.3 cm³/mol. The summed E-state index contributed by atoms with van der Waals surface area (Å²) in [7, 11) is -4.15. The maximum atomic E-state index is 12.0. The second-order valence-electron chi connectivity index (χ2n) is 4.39. The number of aliphatic carboxylic acids is 1. The first kappa shape index (κ1) is 17.6. The van der Waals surface area contributed by atoms with Crippen LogP contribution in [0, 0.1) is 0 Å². The van der Waals surface area contributed by atoms with Crippen LogP contribution in [-0.2, 0) is 24.4 Å². The Morgan fingerprint density at radius 3 is 2.18 bits per heavy atom. The van der Waals surface area contributed by atoms with Crippen molar-refractivity contribution in [2.24, 2.45) is 5.73 Å². The molecule has 10 heteroatoms. The Labute approximate surface area is 126 Å². The molecule has 0 radical (unpaired) electrons. The number of primary amides is 1. The lowest BCUT2D eigenvalue weighted by atomic mass is 10.2. The highest BCUT2D eigenvalue weighted by Gasteiger charge is 2.26. The number of benzene rings is 1. The summed E-state index contributed by atoms with van der Waals surface area (Å²) < 4.78 is 26.0. The summed E-state index contributed by atoms with van der Waals surface area (Å²) in [6.45, 7) is 1.30. The molecule has 0 saturated carbocycles. The highest BCUT2D eigenvalue weighted by atomic mass is 32.2. The number of sulfonamides is 1. The van der Waals surface area contributed by atoms with Crippen molar-refractivity contribution in [3.63, 3.8) is 0 Å². The summed E-state index contributed by atoms with van der Waals surface area (Å²) in [5.74, 6) is -2.78. The van der Waals surface area contributed by atoms with Gasteiger partial charge in [0.2, 0.25) is 21.8 Å². The molecule has 2 amide bonds. The molecule has 0 saturated heterocycles. The SMILES string of the molecule is CC(=O)Nc1ccc(S(=O)(=O)NC(CC(N)=O)C(=O)O)cc1. The minimum Gasteiger partial charge on any atom is -0.480 e. The maximum Gasteiger partial charge on any atom is 0.322 e. The molecule has 1 rings (SSSR count). The summed E-state index contributed by atoms with van der Waals surface area (Å²) in [5.41, 5.74) is 5.26. The van der Waals surface area contributed by atoms with Crippen molar-refractivity contribution >= 4 is 33.5 Å². The van der Waals surface area contributed by atoms with E-state index in [0.29, 0.717) is 5.69 Å². The minimum absolute atomic E-state index is 0.211. The standard InChI is InChI=1S/C12H15N3O6S/c1-7(16)14-8-2-4-9(5-3-8)22(20,21)15-10(12(18)19)6-11(13)17/h2-5,10,15H,6H2,1H3,(H2,13,17)(H,14,16)(H,18,19). The monoisotopic (exact) mass is 329 g/mol. The number of hydrogen-bond acceptors (Lipinski definition) is 5. The Kier molecular flexibility index (Phi) is 5.60. The number of carbonyl (C=O) groups is 3. The van der Waals surface area contributed by atoms with Crippen molar-refractivity contribution in [2.75, 3.05) is 5.32 Å². The third-order valence-electron chi connectivity index (χ3n) is 2.49. The van der Waals surface area contributed by atoms with Crippen molar-refractivity contribution in [1.82, 2.24) is 4.72 Å². The fourth-order valence-electron chi connectivity index (χ4n) is 1.56. The van der Waals surface area contributed by atoms with E-state index in [2.05, 4.69) is 5.32 Å². The van der Waals surface area contributed by atoms with E-state index in [4.69, 9.17) is 10.8 Å². The van der Waals surface area contributed by atoms with E-state index >= 15 is 0 Å². The van der Waals surface area contributed by atoms with Crippen LogP contribution in [0.4, 0.5) is 5.69 Å². The number of carbonyl (C=O) groups excluding carboxylic acids is 2. The largest absolute Gasteiger partial charge is 0.480 e. The summed E-state index contributed by atoms with van der Waals surface area (Å²) >= 11 is 0. The third-order valence-corrected chi connectivity index (χ3v) is 3.97. The lowest BCUT2D eigenvalue weighted by molar-refractivity contribution is -0.140. The van der Waals surface area contributed by atoms with Crippen LogP contribution in [-0.4, -0.2) is 37.3 Å². The number of carboxylic acid groups (broad SMARTS) is 1. The van der Waals surface area contributed by atoms with Gasteiger partial charge in [-0.2, -0.15) is 4.72 Å². The number of anilines is 1. The van der Waals surface area contributed by atoms with Gasteiger partial charge in [0.1, 0.15) is 6.04 Å². The Balaban J connectivity index is 2.95.